The number of rotatable bonds is 31. The fraction of sp³-hybridized carbons (Fsp3) is 1.00. The molecular formula is C36H74. The molecule has 0 spiro atoms. The lowest BCUT2D eigenvalue weighted by atomic mass is 9.95. The summed E-state index contributed by atoms with van der Waals surface area (Å²) in [7, 11) is 0. The zero-order valence-corrected chi connectivity index (χ0v) is 26.4. The van der Waals surface area contributed by atoms with Crippen LogP contribution in [0.3, 0.4) is 0 Å². The van der Waals surface area contributed by atoms with Crippen LogP contribution in [0.4, 0.5) is 0 Å². The first kappa shape index (κ1) is 36.0. The topological polar surface area (TPSA) is 0 Å². The molecule has 0 heterocycles. The molecule has 0 bridgehead atoms. The Morgan fingerprint density at radius 3 is 0.750 bits per heavy atom. The molecule has 0 aromatic heterocycles. The van der Waals surface area contributed by atoms with E-state index in [1.807, 2.05) is 0 Å². The van der Waals surface area contributed by atoms with Gasteiger partial charge in [-0.25, -0.2) is 0 Å². The molecule has 0 N–H and O–H groups in total. The first-order chi connectivity index (χ1) is 17.7. The monoisotopic (exact) mass is 507 g/mol. The van der Waals surface area contributed by atoms with Gasteiger partial charge in [0, 0.05) is 0 Å². The van der Waals surface area contributed by atoms with Gasteiger partial charge in [0.15, 0.2) is 0 Å². The molecular weight excluding hydrogens is 432 g/mol. The van der Waals surface area contributed by atoms with Gasteiger partial charge in [0.2, 0.25) is 0 Å². The third-order valence-corrected chi connectivity index (χ3v) is 8.53. The Balaban J connectivity index is 3.14. The van der Waals surface area contributed by atoms with Crippen LogP contribution in [0.1, 0.15) is 220 Å². The largest absolute Gasteiger partial charge is 0.0654 e. The summed E-state index contributed by atoms with van der Waals surface area (Å²) in [5.74, 6) is 1.86. The molecule has 0 aliphatic heterocycles. The van der Waals surface area contributed by atoms with E-state index in [4.69, 9.17) is 0 Å². The summed E-state index contributed by atoms with van der Waals surface area (Å²) < 4.78 is 0. The van der Waals surface area contributed by atoms with Crippen molar-refractivity contribution in [1.29, 1.82) is 0 Å². The highest BCUT2D eigenvalue weighted by atomic mass is 14.1. The van der Waals surface area contributed by atoms with Crippen molar-refractivity contribution in [2.75, 3.05) is 0 Å². The van der Waals surface area contributed by atoms with E-state index in [-0.39, 0.29) is 0 Å². The van der Waals surface area contributed by atoms with Crippen LogP contribution in [0.5, 0.6) is 0 Å². The fourth-order valence-corrected chi connectivity index (χ4v) is 5.82. The maximum atomic E-state index is 2.51. The third-order valence-electron chi connectivity index (χ3n) is 8.53. The second-order valence-corrected chi connectivity index (χ2v) is 13.1. The molecule has 0 saturated carbocycles. The van der Waals surface area contributed by atoms with Crippen molar-refractivity contribution in [2.24, 2.45) is 11.8 Å². The van der Waals surface area contributed by atoms with Crippen molar-refractivity contribution in [3.05, 3.63) is 0 Å². The van der Waals surface area contributed by atoms with Gasteiger partial charge in [-0.15, -0.1) is 0 Å². The standard InChI is InChI=1S/C36H74/c1-5-6-7-8-9-10-11-12-13-14-18-21-24-27-30-33-36(4)34-31-28-25-22-19-16-15-17-20-23-26-29-32-35(2)3/h35-36H,5-34H2,1-4H3. The maximum absolute atomic E-state index is 2.51. The maximum Gasteiger partial charge on any atom is -0.0443 e. The molecule has 218 valence electrons. The molecule has 0 saturated heterocycles. The van der Waals surface area contributed by atoms with Crippen LogP contribution in [-0.4, -0.2) is 0 Å². The average molecular weight is 507 g/mol. The fourth-order valence-electron chi connectivity index (χ4n) is 5.82. The second kappa shape index (κ2) is 31.2. The number of unbranched alkanes of at least 4 members (excludes halogenated alkanes) is 25. The predicted octanol–water partition coefficient (Wildman–Crippen LogP) is 14.0. The number of hydrogen-bond acceptors (Lipinski definition) is 0. The average Bonchev–Trinajstić information content (AvgIpc) is 2.86. The van der Waals surface area contributed by atoms with Crippen molar-refractivity contribution in [3.63, 3.8) is 0 Å². The molecule has 1 atom stereocenters. The highest BCUT2D eigenvalue weighted by Gasteiger charge is 2.02. The van der Waals surface area contributed by atoms with Crippen molar-refractivity contribution in [1.82, 2.24) is 0 Å². The van der Waals surface area contributed by atoms with Gasteiger partial charge in [0.25, 0.3) is 0 Å². The molecule has 0 aromatic rings. The lowest BCUT2D eigenvalue weighted by molar-refractivity contribution is 0.429. The normalized spacial score (nSPS) is 12.6. The van der Waals surface area contributed by atoms with Crippen molar-refractivity contribution < 1.29 is 0 Å². The molecule has 0 radical (unpaired) electrons. The highest BCUT2D eigenvalue weighted by molar-refractivity contribution is 4.57. The van der Waals surface area contributed by atoms with Crippen LogP contribution in [0, 0.1) is 11.8 Å². The van der Waals surface area contributed by atoms with Crippen LogP contribution in [0.25, 0.3) is 0 Å². The minimum absolute atomic E-state index is 0.895. The summed E-state index contributed by atoms with van der Waals surface area (Å²) in [5, 5.41) is 0. The Bertz CT molecular complexity index is 370. The highest BCUT2D eigenvalue weighted by Crippen LogP contribution is 2.20. The first-order valence-corrected chi connectivity index (χ1v) is 17.7. The zero-order valence-electron chi connectivity index (χ0n) is 26.4. The molecule has 0 rings (SSSR count). The lowest BCUT2D eigenvalue weighted by Crippen LogP contribution is -1.95. The summed E-state index contributed by atoms with van der Waals surface area (Å²) in [6, 6.07) is 0. The van der Waals surface area contributed by atoms with E-state index in [0.29, 0.717) is 0 Å². The van der Waals surface area contributed by atoms with Gasteiger partial charge in [-0.2, -0.15) is 0 Å². The summed E-state index contributed by atoms with van der Waals surface area (Å²) in [4.78, 5) is 0. The Hall–Kier alpha value is 0. The molecule has 0 heteroatoms. The minimum Gasteiger partial charge on any atom is -0.0654 e. The van der Waals surface area contributed by atoms with E-state index in [2.05, 4.69) is 27.7 Å². The van der Waals surface area contributed by atoms with Gasteiger partial charge in [-0.3, -0.25) is 0 Å². The van der Waals surface area contributed by atoms with Gasteiger partial charge in [0.1, 0.15) is 0 Å². The van der Waals surface area contributed by atoms with Crippen molar-refractivity contribution in [2.45, 2.75) is 220 Å². The minimum atomic E-state index is 0.895. The number of hydrogen-bond donors (Lipinski definition) is 0. The van der Waals surface area contributed by atoms with Crippen molar-refractivity contribution in [3.8, 4) is 0 Å². The Morgan fingerprint density at radius 2 is 0.500 bits per heavy atom. The van der Waals surface area contributed by atoms with E-state index in [1.54, 1.807) is 0 Å². The Morgan fingerprint density at radius 1 is 0.278 bits per heavy atom. The third kappa shape index (κ3) is 32.0. The SMILES string of the molecule is CCCCCCCCCCCCCCCCCC(C)CCCCCCCCCCCCCCC(C)C. The van der Waals surface area contributed by atoms with Crippen LogP contribution in [0.15, 0.2) is 0 Å². The van der Waals surface area contributed by atoms with Gasteiger partial charge in [-0.05, 0) is 11.8 Å². The summed E-state index contributed by atoms with van der Waals surface area (Å²) >= 11 is 0. The van der Waals surface area contributed by atoms with Gasteiger partial charge < -0.3 is 0 Å². The van der Waals surface area contributed by atoms with Crippen LogP contribution in [0.2, 0.25) is 0 Å². The Kier molecular flexibility index (Phi) is 31.2. The van der Waals surface area contributed by atoms with Gasteiger partial charge in [-0.1, -0.05) is 220 Å². The summed E-state index contributed by atoms with van der Waals surface area (Å²) in [5.41, 5.74) is 0. The van der Waals surface area contributed by atoms with E-state index in [1.165, 1.54) is 193 Å². The van der Waals surface area contributed by atoms with E-state index >= 15 is 0 Å². The molecule has 0 aromatic carbocycles. The van der Waals surface area contributed by atoms with Gasteiger partial charge >= 0.3 is 0 Å². The molecule has 36 heavy (non-hydrogen) atoms. The van der Waals surface area contributed by atoms with Crippen LogP contribution in [-0.2, 0) is 0 Å². The van der Waals surface area contributed by atoms with E-state index in [9.17, 15) is 0 Å². The van der Waals surface area contributed by atoms with Crippen LogP contribution < -0.4 is 0 Å². The zero-order chi connectivity index (χ0) is 26.4. The van der Waals surface area contributed by atoms with Crippen LogP contribution >= 0.6 is 0 Å². The molecule has 0 fully saturated rings. The predicted molar refractivity (Wildman–Crippen MR) is 168 cm³/mol. The quantitative estimate of drug-likeness (QED) is 0.0820. The lowest BCUT2D eigenvalue weighted by Gasteiger charge is -2.11. The smallest absolute Gasteiger partial charge is 0.0443 e. The van der Waals surface area contributed by atoms with E-state index in [0.717, 1.165) is 11.8 Å². The summed E-state index contributed by atoms with van der Waals surface area (Å²) in [6.07, 6.45) is 44.3. The first-order valence-electron chi connectivity index (χ1n) is 17.7. The van der Waals surface area contributed by atoms with Gasteiger partial charge in [0.05, 0.1) is 0 Å². The second-order valence-electron chi connectivity index (χ2n) is 13.1. The Labute approximate surface area is 232 Å². The summed E-state index contributed by atoms with van der Waals surface area (Å²) in [6.45, 7) is 9.51. The molecule has 0 nitrogen and oxygen atoms in total. The molecule has 1 unspecified atom stereocenters. The van der Waals surface area contributed by atoms with Crippen molar-refractivity contribution >= 4 is 0 Å². The molecule has 0 amide bonds. The molecule has 0 aliphatic rings. The molecule has 0 aliphatic carbocycles. The van der Waals surface area contributed by atoms with E-state index < -0.39 is 0 Å².